The van der Waals surface area contributed by atoms with Crippen LogP contribution in [0.5, 0.6) is 0 Å². The fraction of sp³-hybridized carbons (Fsp3) is 0.158. The maximum Gasteiger partial charge on any atom is 0.209 e. The Kier molecular flexibility index (Phi) is 4.92. The zero-order valence-corrected chi connectivity index (χ0v) is 17.9. The summed E-state index contributed by atoms with van der Waals surface area (Å²) in [5, 5.41) is 17.4. The summed E-state index contributed by atoms with van der Waals surface area (Å²) < 4.78 is 3.70. The zero-order chi connectivity index (χ0) is 19.0. The van der Waals surface area contributed by atoms with Gasteiger partial charge in [0, 0.05) is 4.47 Å². The molecule has 2 aromatic heterocycles. The molecule has 0 unspecified atom stereocenters. The highest BCUT2D eigenvalue weighted by Gasteiger charge is 2.17. The largest absolute Gasteiger partial charge is 0.226 e. The van der Waals surface area contributed by atoms with Gasteiger partial charge < -0.3 is 0 Å². The molecule has 136 valence electrons. The predicted molar refractivity (Wildman–Crippen MR) is 111 cm³/mol. The Morgan fingerprint density at radius 3 is 2.56 bits per heavy atom. The minimum atomic E-state index is 0.538. The van der Waals surface area contributed by atoms with E-state index in [4.69, 9.17) is 0 Å². The number of hydrogen-bond donors (Lipinski definition) is 0. The third-order valence-electron chi connectivity index (χ3n) is 4.45. The number of nitrogens with zero attached hydrogens (tertiary/aromatic N) is 6. The van der Waals surface area contributed by atoms with Crippen molar-refractivity contribution in [1.82, 2.24) is 30.0 Å². The first-order valence-electron chi connectivity index (χ1n) is 8.35. The van der Waals surface area contributed by atoms with Crippen LogP contribution in [0.1, 0.15) is 16.7 Å². The van der Waals surface area contributed by atoms with Crippen molar-refractivity contribution in [3.8, 4) is 17.1 Å². The fourth-order valence-electron chi connectivity index (χ4n) is 2.79. The van der Waals surface area contributed by atoms with Crippen molar-refractivity contribution in [1.29, 1.82) is 0 Å². The van der Waals surface area contributed by atoms with Gasteiger partial charge in [0.25, 0.3) is 0 Å². The molecule has 4 aromatic rings. The van der Waals surface area contributed by atoms with Crippen LogP contribution in [-0.2, 0) is 6.54 Å². The molecule has 4 rings (SSSR count). The molecule has 0 N–H and O–H groups in total. The van der Waals surface area contributed by atoms with Gasteiger partial charge in [0.05, 0.1) is 24.0 Å². The van der Waals surface area contributed by atoms with Crippen LogP contribution >= 0.6 is 31.9 Å². The summed E-state index contributed by atoms with van der Waals surface area (Å²) in [7, 11) is 0. The molecule has 0 radical (unpaired) electrons. The molecular formula is C19H16Br2N6. The van der Waals surface area contributed by atoms with Gasteiger partial charge in [-0.05, 0) is 69.9 Å². The van der Waals surface area contributed by atoms with E-state index in [-0.39, 0.29) is 0 Å². The van der Waals surface area contributed by atoms with Crippen molar-refractivity contribution >= 4 is 31.9 Å². The van der Waals surface area contributed by atoms with Gasteiger partial charge in [-0.2, -0.15) is 9.90 Å². The summed E-state index contributed by atoms with van der Waals surface area (Å²) in [6, 6.07) is 14.2. The van der Waals surface area contributed by atoms with Gasteiger partial charge in [0.15, 0.2) is 0 Å². The second kappa shape index (κ2) is 7.36. The van der Waals surface area contributed by atoms with E-state index in [1.807, 2.05) is 41.1 Å². The number of benzene rings is 2. The molecule has 0 saturated carbocycles. The van der Waals surface area contributed by atoms with Gasteiger partial charge in [-0.15, -0.1) is 10.2 Å². The van der Waals surface area contributed by atoms with Crippen molar-refractivity contribution in [2.24, 2.45) is 0 Å². The lowest BCUT2D eigenvalue weighted by Gasteiger charge is -2.09. The van der Waals surface area contributed by atoms with Crippen LogP contribution in [0.2, 0.25) is 0 Å². The van der Waals surface area contributed by atoms with Gasteiger partial charge in [-0.3, -0.25) is 0 Å². The molecule has 8 heteroatoms. The molecule has 0 bridgehead atoms. The highest BCUT2D eigenvalue weighted by Crippen LogP contribution is 2.29. The van der Waals surface area contributed by atoms with Crippen molar-refractivity contribution in [2.75, 3.05) is 0 Å². The van der Waals surface area contributed by atoms with Crippen LogP contribution in [0.25, 0.3) is 17.1 Å². The van der Waals surface area contributed by atoms with E-state index in [0.29, 0.717) is 12.4 Å². The summed E-state index contributed by atoms with van der Waals surface area (Å²) in [6.07, 6.45) is 1.76. The smallest absolute Gasteiger partial charge is 0.209 e. The minimum Gasteiger partial charge on any atom is -0.226 e. The predicted octanol–water partition coefficient (Wildman–Crippen LogP) is 4.72. The number of aryl methyl sites for hydroxylation is 1. The average molecular weight is 488 g/mol. The van der Waals surface area contributed by atoms with Crippen molar-refractivity contribution in [2.45, 2.75) is 20.4 Å². The number of hydrogen-bond acceptors (Lipinski definition) is 4. The SMILES string of the molecule is Cc1cccc(-n2ncc(-c3nnn(Cc4ccc(Br)cc4)n3)c2Br)c1C. The maximum atomic E-state index is 4.51. The lowest BCUT2D eigenvalue weighted by Crippen LogP contribution is -2.03. The first-order chi connectivity index (χ1) is 13.0. The number of rotatable bonds is 4. The monoisotopic (exact) mass is 486 g/mol. The first-order valence-corrected chi connectivity index (χ1v) is 9.94. The van der Waals surface area contributed by atoms with E-state index >= 15 is 0 Å². The van der Waals surface area contributed by atoms with E-state index < -0.39 is 0 Å². The third kappa shape index (κ3) is 3.59. The number of aromatic nitrogens is 6. The Morgan fingerprint density at radius 2 is 1.78 bits per heavy atom. The minimum absolute atomic E-state index is 0.538. The Bertz CT molecular complexity index is 1100. The lowest BCUT2D eigenvalue weighted by atomic mass is 10.1. The highest BCUT2D eigenvalue weighted by atomic mass is 79.9. The molecule has 2 aromatic carbocycles. The molecule has 2 heterocycles. The fourth-order valence-corrected chi connectivity index (χ4v) is 3.61. The number of halogens is 2. The van der Waals surface area contributed by atoms with E-state index in [0.717, 1.165) is 25.9 Å². The molecule has 0 amide bonds. The van der Waals surface area contributed by atoms with Crippen LogP contribution in [0.15, 0.2) is 57.7 Å². The molecule has 0 fully saturated rings. The molecule has 0 aliphatic heterocycles. The number of tetrazole rings is 1. The molecular weight excluding hydrogens is 472 g/mol. The molecule has 0 saturated heterocycles. The zero-order valence-electron chi connectivity index (χ0n) is 14.8. The van der Waals surface area contributed by atoms with E-state index in [1.165, 1.54) is 11.1 Å². The summed E-state index contributed by atoms with van der Waals surface area (Å²) in [5.41, 5.74) is 5.33. The molecule has 0 atom stereocenters. The lowest BCUT2D eigenvalue weighted by molar-refractivity contribution is 0.573. The van der Waals surface area contributed by atoms with E-state index in [2.05, 4.69) is 72.3 Å². The quantitative estimate of drug-likeness (QED) is 0.418. The summed E-state index contributed by atoms with van der Waals surface area (Å²) >= 11 is 7.09. The maximum absolute atomic E-state index is 4.51. The van der Waals surface area contributed by atoms with Crippen LogP contribution in [0, 0.1) is 13.8 Å². The highest BCUT2D eigenvalue weighted by molar-refractivity contribution is 9.10. The molecule has 0 spiro atoms. The Morgan fingerprint density at radius 1 is 1.00 bits per heavy atom. The Balaban J connectivity index is 1.63. The summed E-state index contributed by atoms with van der Waals surface area (Å²) in [6.45, 7) is 4.74. The second-order valence-corrected chi connectivity index (χ2v) is 7.92. The molecule has 0 aliphatic rings. The van der Waals surface area contributed by atoms with Crippen LogP contribution in [0.3, 0.4) is 0 Å². The summed E-state index contributed by atoms with van der Waals surface area (Å²) in [4.78, 5) is 1.58. The van der Waals surface area contributed by atoms with Crippen molar-refractivity contribution in [3.05, 3.63) is 74.4 Å². The third-order valence-corrected chi connectivity index (χ3v) is 5.74. The first kappa shape index (κ1) is 18.1. The van der Waals surface area contributed by atoms with Gasteiger partial charge in [0.2, 0.25) is 5.82 Å². The molecule has 0 aliphatic carbocycles. The topological polar surface area (TPSA) is 61.4 Å². The van der Waals surface area contributed by atoms with Crippen molar-refractivity contribution < 1.29 is 0 Å². The Hall–Kier alpha value is -2.32. The van der Waals surface area contributed by atoms with Crippen LogP contribution in [-0.4, -0.2) is 30.0 Å². The molecule has 6 nitrogen and oxygen atoms in total. The summed E-state index contributed by atoms with van der Waals surface area (Å²) in [5.74, 6) is 0.538. The van der Waals surface area contributed by atoms with Crippen LogP contribution in [0.4, 0.5) is 0 Å². The Labute approximate surface area is 173 Å². The second-order valence-electron chi connectivity index (χ2n) is 6.25. The normalized spacial score (nSPS) is 11.1. The van der Waals surface area contributed by atoms with Gasteiger partial charge >= 0.3 is 0 Å². The van der Waals surface area contributed by atoms with Gasteiger partial charge in [-0.1, -0.05) is 40.2 Å². The van der Waals surface area contributed by atoms with Crippen molar-refractivity contribution in [3.63, 3.8) is 0 Å². The standard InChI is InChI=1S/C19H16Br2N6/c1-12-4-3-5-17(13(12)2)27-18(21)16(10-22-27)19-23-25-26(24-19)11-14-6-8-15(20)9-7-14/h3-10H,11H2,1-2H3. The van der Waals surface area contributed by atoms with E-state index in [9.17, 15) is 0 Å². The van der Waals surface area contributed by atoms with E-state index in [1.54, 1.807) is 11.0 Å². The average Bonchev–Trinajstić information content (AvgIpc) is 3.26. The van der Waals surface area contributed by atoms with Crippen LogP contribution < -0.4 is 0 Å². The van der Waals surface area contributed by atoms with Gasteiger partial charge in [0.1, 0.15) is 4.60 Å². The molecule has 27 heavy (non-hydrogen) atoms. The van der Waals surface area contributed by atoms with Gasteiger partial charge in [-0.25, -0.2) is 4.68 Å².